The summed E-state index contributed by atoms with van der Waals surface area (Å²) in [6, 6.07) is 0.275. The summed E-state index contributed by atoms with van der Waals surface area (Å²) in [6.45, 7) is 8.37. The van der Waals surface area contributed by atoms with Crippen LogP contribution in [0.5, 0.6) is 0 Å². The Morgan fingerprint density at radius 2 is 2.12 bits per heavy atom. The molecule has 1 aliphatic rings. The molecule has 0 amide bonds. The standard InChI is InChI=1S/C13H29N3O/c1-4-16(8-5-7-15(2)3)10-13(14)12-6-9-17-11-12/h12-13H,4-11,14H2,1-3H3. The highest BCUT2D eigenvalue weighted by atomic mass is 16.5. The fourth-order valence-corrected chi connectivity index (χ4v) is 2.33. The number of nitrogens with two attached hydrogens (primary N) is 1. The Morgan fingerprint density at radius 3 is 2.65 bits per heavy atom. The first-order valence-corrected chi connectivity index (χ1v) is 6.84. The van der Waals surface area contributed by atoms with Crippen molar-refractivity contribution < 1.29 is 4.74 Å². The van der Waals surface area contributed by atoms with Gasteiger partial charge in [-0.2, -0.15) is 0 Å². The maximum atomic E-state index is 6.25. The van der Waals surface area contributed by atoms with Gasteiger partial charge in [0, 0.05) is 25.1 Å². The smallest absolute Gasteiger partial charge is 0.0510 e. The molecule has 17 heavy (non-hydrogen) atoms. The predicted octanol–water partition coefficient (Wildman–Crippen LogP) is 0.624. The normalized spacial score (nSPS) is 22.6. The van der Waals surface area contributed by atoms with Gasteiger partial charge >= 0.3 is 0 Å². The summed E-state index contributed by atoms with van der Waals surface area (Å²) in [5.41, 5.74) is 6.25. The van der Waals surface area contributed by atoms with Crippen LogP contribution in [0.3, 0.4) is 0 Å². The molecule has 2 N–H and O–H groups in total. The molecular weight excluding hydrogens is 214 g/mol. The molecule has 0 spiro atoms. The molecule has 0 aliphatic carbocycles. The van der Waals surface area contributed by atoms with E-state index in [1.165, 1.54) is 6.42 Å². The van der Waals surface area contributed by atoms with Crippen LogP contribution < -0.4 is 5.73 Å². The summed E-state index contributed by atoms with van der Waals surface area (Å²) in [5, 5.41) is 0. The van der Waals surface area contributed by atoms with Crippen LogP contribution in [0.1, 0.15) is 19.8 Å². The zero-order chi connectivity index (χ0) is 12.7. The van der Waals surface area contributed by atoms with E-state index in [-0.39, 0.29) is 6.04 Å². The monoisotopic (exact) mass is 243 g/mol. The van der Waals surface area contributed by atoms with Gasteiger partial charge in [0.2, 0.25) is 0 Å². The average Bonchev–Trinajstić information content (AvgIpc) is 2.80. The molecule has 102 valence electrons. The Balaban J connectivity index is 2.20. The molecule has 4 nitrogen and oxygen atoms in total. The maximum absolute atomic E-state index is 6.25. The van der Waals surface area contributed by atoms with Gasteiger partial charge in [-0.25, -0.2) is 0 Å². The van der Waals surface area contributed by atoms with Crippen LogP contribution in [0, 0.1) is 5.92 Å². The third-order valence-corrected chi connectivity index (χ3v) is 3.57. The highest BCUT2D eigenvalue weighted by molar-refractivity contribution is 4.79. The Bertz CT molecular complexity index is 193. The zero-order valence-corrected chi connectivity index (χ0v) is 11.7. The largest absolute Gasteiger partial charge is 0.381 e. The van der Waals surface area contributed by atoms with Gasteiger partial charge in [0.25, 0.3) is 0 Å². The third-order valence-electron chi connectivity index (χ3n) is 3.57. The Labute approximate surface area is 106 Å². The molecule has 1 aliphatic heterocycles. The summed E-state index contributed by atoms with van der Waals surface area (Å²) in [7, 11) is 4.25. The second-order valence-electron chi connectivity index (χ2n) is 5.34. The Morgan fingerprint density at radius 1 is 1.35 bits per heavy atom. The molecule has 0 saturated carbocycles. The van der Waals surface area contributed by atoms with E-state index in [9.17, 15) is 0 Å². The van der Waals surface area contributed by atoms with Gasteiger partial charge in [0.15, 0.2) is 0 Å². The number of rotatable bonds is 8. The molecule has 0 aromatic rings. The van der Waals surface area contributed by atoms with Gasteiger partial charge in [0.05, 0.1) is 6.61 Å². The molecule has 0 bridgehead atoms. The summed E-state index contributed by atoms with van der Waals surface area (Å²) in [6.07, 6.45) is 2.35. The Hall–Kier alpha value is -0.160. The quantitative estimate of drug-likeness (QED) is 0.679. The molecule has 2 atom stereocenters. The SMILES string of the molecule is CCN(CCCN(C)C)CC(N)C1CCOC1. The van der Waals surface area contributed by atoms with E-state index < -0.39 is 0 Å². The predicted molar refractivity (Wildman–Crippen MR) is 72.2 cm³/mol. The van der Waals surface area contributed by atoms with Crippen LogP contribution in [0.15, 0.2) is 0 Å². The van der Waals surface area contributed by atoms with Gasteiger partial charge < -0.3 is 20.3 Å². The van der Waals surface area contributed by atoms with Crippen LogP contribution in [0.25, 0.3) is 0 Å². The number of nitrogens with zero attached hydrogens (tertiary/aromatic N) is 2. The van der Waals surface area contributed by atoms with Crippen LogP contribution in [-0.2, 0) is 4.74 Å². The van der Waals surface area contributed by atoms with Crippen molar-refractivity contribution in [2.75, 3.05) is 53.5 Å². The van der Waals surface area contributed by atoms with Gasteiger partial charge in [-0.15, -0.1) is 0 Å². The van der Waals surface area contributed by atoms with Gasteiger partial charge in [-0.3, -0.25) is 0 Å². The van der Waals surface area contributed by atoms with Crippen molar-refractivity contribution in [3.63, 3.8) is 0 Å². The van der Waals surface area contributed by atoms with E-state index >= 15 is 0 Å². The molecule has 0 aromatic heterocycles. The van der Waals surface area contributed by atoms with Gasteiger partial charge in [-0.05, 0) is 46.6 Å². The minimum atomic E-state index is 0.275. The van der Waals surface area contributed by atoms with E-state index in [2.05, 4.69) is 30.8 Å². The van der Waals surface area contributed by atoms with Crippen molar-refractivity contribution in [2.45, 2.75) is 25.8 Å². The fraction of sp³-hybridized carbons (Fsp3) is 1.00. The number of likely N-dealkylation sites (N-methyl/N-ethyl adjacent to an activating group) is 1. The number of ether oxygens (including phenoxy) is 1. The first-order chi connectivity index (χ1) is 8.13. The molecule has 1 rings (SSSR count). The highest BCUT2D eigenvalue weighted by Crippen LogP contribution is 2.16. The van der Waals surface area contributed by atoms with E-state index in [1.54, 1.807) is 0 Å². The minimum Gasteiger partial charge on any atom is -0.381 e. The second kappa shape index (κ2) is 8.03. The summed E-state index contributed by atoms with van der Waals surface area (Å²) in [4.78, 5) is 4.70. The molecule has 0 radical (unpaired) electrons. The Kier molecular flexibility index (Phi) is 7.04. The highest BCUT2D eigenvalue weighted by Gasteiger charge is 2.23. The lowest BCUT2D eigenvalue weighted by atomic mass is 9.99. The molecule has 2 unspecified atom stereocenters. The van der Waals surface area contributed by atoms with Crippen molar-refractivity contribution in [2.24, 2.45) is 11.7 Å². The first kappa shape index (κ1) is 14.9. The topological polar surface area (TPSA) is 41.7 Å². The van der Waals surface area contributed by atoms with Crippen LogP contribution >= 0.6 is 0 Å². The van der Waals surface area contributed by atoms with E-state index in [0.717, 1.165) is 45.8 Å². The van der Waals surface area contributed by atoms with Crippen molar-refractivity contribution in [3.8, 4) is 0 Å². The van der Waals surface area contributed by atoms with E-state index in [4.69, 9.17) is 10.5 Å². The fourth-order valence-electron chi connectivity index (χ4n) is 2.33. The van der Waals surface area contributed by atoms with Gasteiger partial charge in [0.1, 0.15) is 0 Å². The molecular formula is C13H29N3O. The maximum Gasteiger partial charge on any atom is 0.0510 e. The van der Waals surface area contributed by atoms with Crippen LogP contribution in [0.4, 0.5) is 0 Å². The minimum absolute atomic E-state index is 0.275. The summed E-state index contributed by atoms with van der Waals surface area (Å²) in [5.74, 6) is 0.567. The van der Waals surface area contributed by atoms with Crippen LogP contribution in [0.2, 0.25) is 0 Å². The lowest BCUT2D eigenvalue weighted by molar-refractivity contribution is 0.170. The van der Waals surface area contributed by atoms with E-state index in [0.29, 0.717) is 5.92 Å². The second-order valence-corrected chi connectivity index (χ2v) is 5.34. The molecule has 1 heterocycles. The molecule has 0 aromatic carbocycles. The van der Waals surface area contributed by atoms with Crippen molar-refractivity contribution in [1.82, 2.24) is 9.80 Å². The van der Waals surface area contributed by atoms with Gasteiger partial charge in [-0.1, -0.05) is 6.92 Å². The number of hydrogen-bond acceptors (Lipinski definition) is 4. The van der Waals surface area contributed by atoms with Crippen molar-refractivity contribution in [1.29, 1.82) is 0 Å². The molecule has 4 heteroatoms. The van der Waals surface area contributed by atoms with E-state index in [1.807, 2.05) is 0 Å². The van der Waals surface area contributed by atoms with Crippen molar-refractivity contribution >= 4 is 0 Å². The average molecular weight is 243 g/mol. The summed E-state index contributed by atoms with van der Waals surface area (Å²) < 4.78 is 5.40. The summed E-state index contributed by atoms with van der Waals surface area (Å²) >= 11 is 0. The first-order valence-electron chi connectivity index (χ1n) is 6.84. The lowest BCUT2D eigenvalue weighted by Crippen LogP contribution is -2.43. The van der Waals surface area contributed by atoms with Crippen molar-refractivity contribution in [3.05, 3.63) is 0 Å². The number of hydrogen-bond donors (Lipinski definition) is 1. The van der Waals surface area contributed by atoms with Crippen LogP contribution in [-0.4, -0.2) is 69.3 Å². The molecule has 1 fully saturated rings. The zero-order valence-electron chi connectivity index (χ0n) is 11.7. The molecule has 1 saturated heterocycles. The lowest BCUT2D eigenvalue weighted by Gasteiger charge is -2.27. The third kappa shape index (κ3) is 5.82.